The third kappa shape index (κ3) is 3.59. The average Bonchev–Trinajstić information content (AvgIpc) is 2.81. The lowest BCUT2D eigenvalue weighted by atomic mass is 10.0. The highest BCUT2D eigenvalue weighted by atomic mass is 35.6. The minimum Gasteiger partial charge on any atom is -0.383 e. The Morgan fingerprint density at radius 1 is 1.09 bits per heavy atom. The number of allylic oxidation sites excluding steroid dienone is 1. The van der Waals surface area contributed by atoms with Crippen LogP contribution in [0, 0.1) is 0 Å². The van der Waals surface area contributed by atoms with Crippen molar-refractivity contribution in [3.8, 4) is 0 Å². The van der Waals surface area contributed by atoms with Gasteiger partial charge in [0.05, 0.1) is 6.10 Å². The van der Waals surface area contributed by atoms with Crippen molar-refractivity contribution in [3.05, 3.63) is 77.9 Å². The van der Waals surface area contributed by atoms with Crippen molar-refractivity contribution in [2.45, 2.75) is 25.1 Å². The van der Waals surface area contributed by atoms with E-state index in [-0.39, 0.29) is 12.1 Å². The van der Waals surface area contributed by atoms with E-state index in [2.05, 4.69) is 67.1 Å². The summed E-state index contributed by atoms with van der Waals surface area (Å²) in [7, 11) is -0.347. The van der Waals surface area contributed by atoms with Crippen LogP contribution < -0.4 is 0 Å². The number of hydrogen-bond donors (Lipinski definition) is 0. The molecular weight excluding hydrogens is 322 g/mol. The zero-order valence-corrected chi connectivity index (χ0v) is 15.3. The summed E-state index contributed by atoms with van der Waals surface area (Å²) in [5.74, 6) is 0. The molecule has 0 N–H and O–H groups in total. The fourth-order valence-electron chi connectivity index (χ4n) is 2.97. The zero-order chi connectivity index (χ0) is 16.3. The Labute approximate surface area is 144 Å². The molecule has 4 heteroatoms. The van der Waals surface area contributed by atoms with Crippen LogP contribution in [0.3, 0.4) is 0 Å². The molecule has 0 amide bonds. The number of benzene rings is 2. The molecule has 0 radical (unpaired) electrons. The van der Waals surface area contributed by atoms with Crippen LogP contribution in [0.5, 0.6) is 0 Å². The maximum absolute atomic E-state index is 6.92. The summed E-state index contributed by atoms with van der Waals surface area (Å²) < 4.78 is 8.63. The predicted octanol–water partition coefficient (Wildman–Crippen LogP) is 4.97. The summed E-state index contributed by atoms with van der Waals surface area (Å²) in [4.78, 5) is 0. The minimum atomic E-state index is -2.43. The van der Waals surface area contributed by atoms with Gasteiger partial charge in [0.25, 0.3) is 0 Å². The first-order chi connectivity index (χ1) is 11.1. The second-order valence-electron chi connectivity index (χ2n) is 6.01. The Hall–Kier alpha value is -1.39. The predicted molar refractivity (Wildman–Crippen MR) is 99.4 cm³/mol. The molecule has 3 atom stereocenters. The molecule has 0 bridgehead atoms. The second-order valence-corrected chi connectivity index (χ2v) is 10.5. The molecule has 1 unspecified atom stereocenters. The summed E-state index contributed by atoms with van der Waals surface area (Å²) in [5, 5.41) is 0. The van der Waals surface area contributed by atoms with Gasteiger partial charge in [0.1, 0.15) is 0 Å². The van der Waals surface area contributed by atoms with Crippen molar-refractivity contribution in [2.75, 3.05) is 7.05 Å². The molecule has 120 valence electrons. The van der Waals surface area contributed by atoms with E-state index < -0.39 is 7.79 Å². The molecular formula is C19H22ClNOSi. The molecule has 2 aromatic carbocycles. The van der Waals surface area contributed by atoms with Crippen LogP contribution in [0.15, 0.2) is 66.7 Å². The van der Waals surface area contributed by atoms with Gasteiger partial charge in [-0.15, -0.1) is 11.1 Å². The Balaban J connectivity index is 1.73. The number of halogens is 1. The molecule has 2 aromatic rings. The third-order valence-corrected chi connectivity index (χ3v) is 8.84. The minimum absolute atomic E-state index is 0.0514. The molecule has 0 aliphatic carbocycles. The third-order valence-electron chi connectivity index (χ3n) is 4.49. The molecule has 0 aromatic heterocycles. The van der Waals surface area contributed by atoms with Crippen molar-refractivity contribution in [1.82, 2.24) is 4.57 Å². The number of hydrogen-bond acceptors (Lipinski definition) is 2. The lowest BCUT2D eigenvalue weighted by molar-refractivity contribution is 0.207. The highest BCUT2D eigenvalue weighted by molar-refractivity contribution is 7.15. The van der Waals surface area contributed by atoms with E-state index in [1.165, 1.54) is 11.1 Å². The van der Waals surface area contributed by atoms with Gasteiger partial charge in [-0.25, -0.2) is 0 Å². The lowest BCUT2D eigenvalue weighted by Gasteiger charge is -2.25. The van der Waals surface area contributed by atoms with Crippen LogP contribution in [0.2, 0.25) is 6.04 Å². The average molecular weight is 344 g/mol. The molecule has 1 saturated heterocycles. The highest BCUT2D eigenvalue weighted by Crippen LogP contribution is 2.41. The molecule has 0 saturated carbocycles. The van der Waals surface area contributed by atoms with E-state index >= 15 is 0 Å². The van der Waals surface area contributed by atoms with E-state index in [0.717, 1.165) is 6.04 Å². The number of nitrogens with zero attached hydrogens (tertiary/aromatic N) is 1. The zero-order valence-electron chi connectivity index (χ0n) is 13.5. The quantitative estimate of drug-likeness (QED) is 0.574. The smallest absolute Gasteiger partial charge is 0.377 e. The normalized spacial score (nSPS) is 28.5. The first-order valence-corrected chi connectivity index (χ1v) is 11.0. The molecule has 1 aliphatic heterocycles. The van der Waals surface area contributed by atoms with Gasteiger partial charge in [0, 0.05) is 12.1 Å². The van der Waals surface area contributed by atoms with E-state index in [4.69, 9.17) is 15.5 Å². The first kappa shape index (κ1) is 16.5. The molecule has 1 heterocycles. The first-order valence-electron chi connectivity index (χ1n) is 7.96. The van der Waals surface area contributed by atoms with Crippen molar-refractivity contribution in [3.63, 3.8) is 0 Å². The topological polar surface area (TPSA) is 12.5 Å². The van der Waals surface area contributed by atoms with Gasteiger partial charge in [0.2, 0.25) is 0 Å². The highest BCUT2D eigenvalue weighted by Gasteiger charge is 2.51. The van der Waals surface area contributed by atoms with E-state index in [0.29, 0.717) is 0 Å². The molecule has 2 nitrogen and oxygen atoms in total. The van der Waals surface area contributed by atoms with Crippen molar-refractivity contribution < 1.29 is 4.43 Å². The standard InChI is InChI=1S/C19H22ClNOSi/c1-16-19(18-13-7-4-8-14-18)22-23(20,21(16)2)15-9-12-17-10-5-3-6-11-17/h3-14,16,19H,15H2,1-2H3/b12-9+/t16-,19+,23?/m0/s1. The molecule has 1 aliphatic rings. The summed E-state index contributed by atoms with van der Waals surface area (Å²) in [6.07, 6.45) is 4.32. The summed E-state index contributed by atoms with van der Waals surface area (Å²) >= 11 is 6.92. The monoisotopic (exact) mass is 343 g/mol. The number of likely N-dealkylation sites (N-methyl/N-ethyl adjacent to an activating group) is 1. The van der Waals surface area contributed by atoms with Gasteiger partial charge >= 0.3 is 7.79 Å². The Bertz CT molecular complexity index is 664. The largest absolute Gasteiger partial charge is 0.383 e. The maximum atomic E-state index is 6.92. The van der Waals surface area contributed by atoms with E-state index in [1.54, 1.807) is 0 Å². The van der Waals surface area contributed by atoms with Gasteiger partial charge in [-0.3, -0.25) is 4.57 Å². The molecule has 1 fully saturated rings. The van der Waals surface area contributed by atoms with E-state index in [1.807, 2.05) is 24.3 Å². The van der Waals surface area contributed by atoms with Crippen LogP contribution >= 0.6 is 11.1 Å². The molecule has 23 heavy (non-hydrogen) atoms. The van der Waals surface area contributed by atoms with Crippen LogP contribution in [-0.4, -0.2) is 25.4 Å². The maximum Gasteiger partial charge on any atom is 0.377 e. The van der Waals surface area contributed by atoms with Crippen LogP contribution in [-0.2, 0) is 4.43 Å². The SMILES string of the molecule is C[C@H]1[C@H](c2ccccc2)O[Si](Cl)(C/C=C/c2ccccc2)N1C. The van der Waals surface area contributed by atoms with Crippen molar-refractivity contribution in [1.29, 1.82) is 0 Å². The van der Waals surface area contributed by atoms with Gasteiger partial charge in [-0.1, -0.05) is 72.8 Å². The van der Waals surface area contributed by atoms with Gasteiger partial charge in [-0.05, 0) is 25.1 Å². The van der Waals surface area contributed by atoms with Crippen LogP contribution in [0.4, 0.5) is 0 Å². The molecule has 3 rings (SSSR count). The Kier molecular flexibility index (Phi) is 5.02. The Morgan fingerprint density at radius 3 is 2.35 bits per heavy atom. The Morgan fingerprint density at radius 2 is 1.70 bits per heavy atom. The van der Waals surface area contributed by atoms with E-state index in [9.17, 15) is 0 Å². The van der Waals surface area contributed by atoms with Crippen molar-refractivity contribution in [2.24, 2.45) is 0 Å². The number of rotatable bonds is 4. The fraction of sp³-hybridized carbons (Fsp3) is 0.263. The summed E-state index contributed by atoms with van der Waals surface area (Å²) in [6.45, 7) is 2.19. The van der Waals surface area contributed by atoms with Gasteiger partial charge in [-0.2, -0.15) is 0 Å². The van der Waals surface area contributed by atoms with Crippen LogP contribution in [0.1, 0.15) is 24.2 Å². The van der Waals surface area contributed by atoms with Crippen LogP contribution in [0.25, 0.3) is 6.08 Å². The summed E-state index contributed by atoms with van der Waals surface area (Å²) in [5.41, 5.74) is 2.39. The summed E-state index contributed by atoms with van der Waals surface area (Å²) in [6, 6.07) is 21.7. The molecule has 0 spiro atoms. The van der Waals surface area contributed by atoms with Gasteiger partial charge < -0.3 is 4.43 Å². The fourth-order valence-corrected chi connectivity index (χ4v) is 6.41. The second kappa shape index (κ2) is 7.01. The lowest BCUT2D eigenvalue weighted by Crippen LogP contribution is -2.44. The van der Waals surface area contributed by atoms with Gasteiger partial charge in [0.15, 0.2) is 0 Å². The van der Waals surface area contributed by atoms with Crippen molar-refractivity contribution >= 4 is 24.9 Å².